The third-order valence-electron chi connectivity index (χ3n) is 5.99. The van der Waals surface area contributed by atoms with Crippen LogP contribution in [-0.4, -0.2) is 58.1 Å². The number of fused-ring (bicyclic) bond motifs is 1. The zero-order valence-electron chi connectivity index (χ0n) is 18.6. The molecule has 0 amide bonds. The number of hydrogen-bond donors (Lipinski definition) is 0. The largest absolute Gasteiger partial charge is 0.494 e. The van der Waals surface area contributed by atoms with Gasteiger partial charge in [0.2, 0.25) is 9.84 Å². The lowest BCUT2D eigenvalue weighted by atomic mass is 10.1. The van der Waals surface area contributed by atoms with Crippen LogP contribution in [0.2, 0.25) is 0 Å². The Labute approximate surface area is 184 Å². The molecule has 0 unspecified atom stereocenters. The minimum Gasteiger partial charge on any atom is -0.494 e. The minimum absolute atomic E-state index is 0.251. The Morgan fingerprint density at radius 2 is 1.74 bits per heavy atom. The average Bonchev–Trinajstić information content (AvgIpc) is 2.75. The first-order chi connectivity index (χ1) is 14.8. The van der Waals surface area contributed by atoms with Crippen LogP contribution in [0.4, 0.5) is 5.69 Å². The summed E-state index contributed by atoms with van der Waals surface area (Å²) in [6, 6.07) is 11.0. The molecule has 31 heavy (non-hydrogen) atoms. The Bertz CT molecular complexity index is 1220. The van der Waals surface area contributed by atoms with Gasteiger partial charge in [-0.2, -0.15) is 0 Å². The number of likely N-dealkylation sites (N-methyl/N-ethyl adjacent to an activating group) is 1. The summed E-state index contributed by atoms with van der Waals surface area (Å²) >= 11 is 0. The van der Waals surface area contributed by atoms with Gasteiger partial charge >= 0.3 is 0 Å². The van der Waals surface area contributed by atoms with Crippen molar-refractivity contribution in [2.45, 2.75) is 30.6 Å². The molecule has 1 saturated heterocycles. The second-order valence-corrected chi connectivity index (χ2v) is 10.0. The van der Waals surface area contributed by atoms with Crippen molar-refractivity contribution in [2.75, 3.05) is 44.7 Å². The van der Waals surface area contributed by atoms with Crippen LogP contribution in [0.5, 0.6) is 5.75 Å². The van der Waals surface area contributed by atoms with Crippen LogP contribution in [0, 0.1) is 13.8 Å². The van der Waals surface area contributed by atoms with Gasteiger partial charge in [-0.3, -0.25) is 4.98 Å². The number of anilines is 1. The quantitative estimate of drug-likeness (QED) is 0.602. The van der Waals surface area contributed by atoms with Crippen molar-refractivity contribution < 1.29 is 13.2 Å². The van der Waals surface area contributed by atoms with Gasteiger partial charge in [0.15, 0.2) is 0 Å². The third-order valence-corrected chi connectivity index (χ3v) is 7.74. The number of nitrogens with zero attached hydrogens (tertiary/aromatic N) is 3. The molecule has 7 heteroatoms. The second kappa shape index (κ2) is 8.48. The van der Waals surface area contributed by atoms with Crippen molar-refractivity contribution in [2.24, 2.45) is 0 Å². The zero-order chi connectivity index (χ0) is 22.2. The molecule has 6 nitrogen and oxygen atoms in total. The number of aryl methyl sites for hydroxylation is 2. The third kappa shape index (κ3) is 4.12. The van der Waals surface area contributed by atoms with Gasteiger partial charge in [0, 0.05) is 37.8 Å². The number of hydrogen-bond acceptors (Lipinski definition) is 6. The van der Waals surface area contributed by atoms with Crippen molar-refractivity contribution in [3.05, 3.63) is 53.7 Å². The Morgan fingerprint density at radius 1 is 1.00 bits per heavy atom. The molecule has 0 spiro atoms. The predicted molar refractivity (Wildman–Crippen MR) is 124 cm³/mol. The van der Waals surface area contributed by atoms with Crippen molar-refractivity contribution in [1.29, 1.82) is 0 Å². The molecule has 0 bridgehead atoms. The van der Waals surface area contributed by atoms with Gasteiger partial charge in [0.25, 0.3) is 0 Å². The summed E-state index contributed by atoms with van der Waals surface area (Å²) < 4.78 is 33.3. The minimum atomic E-state index is -3.75. The number of pyridine rings is 1. The van der Waals surface area contributed by atoms with Crippen molar-refractivity contribution in [3.8, 4) is 5.75 Å². The highest BCUT2D eigenvalue weighted by atomic mass is 32.2. The summed E-state index contributed by atoms with van der Waals surface area (Å²) in [5.41, 5.74) is 3.50. The molecular weight excluding hydrogens is 410 g/mol. The van der Waals surface area contributed by atoms with E-state index in [1.807, 2.05) is 45.0 Å². The molecule has 0 aliphatic carbocycles. The van der Waals surface area contributed by atoms with Crippen LogP contribution in [0.15, 0.2) is 52.4 Å². The SMILES string of the molecule is CCOc1ccc2ncc(S(=O)(=O)c3ccc(C)c(C)c3)c(N3CCN(C)CC3)c2c1. The monoisotopic (exact) mass is 439 g/mol. The standard InChI is InChI=1S/C24H29N3O3S/c1-5-30-19-7-9-22-21(15-19)24(27-12-10-26(4)11-13-27)23(16-25-22)31(28,29)20-8-6-17(2)18(3)14-20/h6-9,14-16H,5,10-13H2,1-4H3. The highest BCUT2D eigenvalue weighted by Crippen LogP contribution is 2.38. The number of aromatic nitrogens is 1. The highest BCUT2D eigenvalue weighted by molar-refractivity contribution is 7.91. The summed E-state index contributed by atoms with van der Waals surface area (Å²) in [5.74, 6) is 0.716. The fraction of sp³-hybridized carbons (Fsp3) is 0.375. The summed E-state index contributed by atoms with van der Waals surface area (Å²) in [7, 11) is -1.66. The first-order valence-electron chi connectivity index (χ1n) is 10.6. The Hall–Kier alpha value is -2.64. The number of piperazine rings is 1. The Kier molecular flexibility index (Phi) is 5.90. The Balaban J connectivity index is 1.95. The van der Waals surface area contributed by atoms with E-state index in [4.69, 9.17) is 4.74 Å². The maximum absolute atomic E-state index is 13.8. The van der Waals surface area contributed by atoms with E-state index >= 15 is 0 Å². The van der Waals surface area contributed by atoms with E-state index < -0.39 is 9.84 Å². The lowest BCUT2D eigenvalue weighted by Gasteiger charge is -2.35. The summed E-state index contributed by atoms with van der Waals surface area (Å²) in [6.07, 6.45) is 1.51. The van der Waals surface area contributed by atoms with E-state index in [0.29, 0.717) is 17.3 Å². The van der Waals surface area contributed by atoms with Crippen LogP contribution in [0.3, 0.4) is 0 Å². The molecule has 164 valence electrons. The molecule has 0 radical (unpaired) electrons. The first-order valence-corrected chi connectivity index (χ1v) is 12.1. The molecule has 2 heterocycles. The molecule has 4 rings (SSSR count). The second-order valence-electron chi connectivity index (χ2n) is 8.12. The van der Waals surface area contributed by atoms with Gasteiger partial charge in [-0.25, -0.2) is 8.42 Å². The average molecular weight is 440 g/mol. The first kappa shape index (κ1) is 21.6. The van der Waals surface area contributed by atoms with Gasteiger partial charge in [-0.1, -0.05) is 6.07 Å². The summed E-state index contributed by atoms with van der Waals surface area (Å²) in [5, 5.41) is 0.806. The summed E-state index contributed by atoms with van der Waals surface area (Å²) in [6.45, 7) is 9.65. The number of rotatable bonds is 5. The van der Waals surface area contributed by atoms with Crippen LogP contribution in [0.25, 0.3) is 10.9 Å². The number of ether oxygens (including phenoxy) is 1. The van der Waals surface area contributed by atoms with Crippen LogP contribution < -0.4 is 9.64 Å². The molecule has 0 saturated carbocycles. The van der Waals surface area contributed by atoms with Crippen LogP contribution in [-0.2, 0) is 9.84 Å². The molecular formula is C24H29N3O3S. The molecule has 1 aliphatic rings. The number of sulfone groups is 1. The van der Waals surface area contributed by atoms with Crippen molar-refractivity contribution in [1.82, 2.24) is 9.88 Å². The van der Waals surface area contributed by atoms with E-state index in [9.17, 15) is 8.42 Å². The lowest BCUT2D eigenvalue weighted by Crippen LogP contribution is -2.45. The van der Waals surface area contributed by atoms with Crippen LogP contribution >= 0.6 is 0 Å². The van der Waals surface area contributed by atoms with Gasteiger partial charge in [0.1, 0.15) is 10.6 Å². The fourth-order valence-corrected chi connectivity index (χ4v) is 5.47. The van der Waals surface area contributed by atoms with E-state index in [-0.39, 0.29) is 4.90 Å². The molecule has 3 aromatic rings. The van der Waals surface area contributed by atoms with E-state index in [0.717, 1.165) is 53.9 Å². The summed E-state index contributed by atoms with van der Waals surface area (Å²) in [4.78, 5) is 9.49. The molecule has 0 atom stereocenters. The zero-order valence-corrected chi connectivity index (χ0v) is 19.4. The highest BCUT2D eigenvalue weighted by Gasteiger charge is 2.28. The number of benzene rings is 2. The molecule has 1 fully saturated rings. The predicted octanol–water partition coefficient (Wildman–Crippen LogP) is 3.83. The van der Waals surface area contributed by atoms with Crippen LogP contribution in [0.1, 0.15) is 18.1 Å². The van der Waals surface area contributed by atoms with Gasteiger partial charge < -0.3 is 14.5 Å². The van der Waals surface area contributed by atoms with Gasteiger partial charge in [-0.05, 0) is 69.3 Å². The maximum Gasteiger partial charge on any atom is 0.210 e. The normalized spacial score (nSPS) is 15.4. The van der Waals surface area contributed by atoms with Gasteiger partial charge in [0.05, 0.1) is 22.7 Å². The lowest BCUT2D eigenvalue weighted by molar-refractivity contribution is 0.312. The molecule has 0 N–H and O–H groups in total. The molecule has 1 aromatic heterocycles. The van der Waals surface area contributed by atoms with Gasteiger partial charge in [-0.15, -0.1) is 0 Å². The topological polar surface area (TPSA) is 62.7 Å². The van der Waals surface area contributed by atoms with Crippen molar-refractivity contribution >= 4 is 26.4 Å². The maximum atomic E-state index is 13.8. The Morgan fingerprint density at radius 3 is 2.42 bits per heavy atom. The van der Waals surface area contributed by atoms with E-state index in [2.05, 4.69) is 21.8 Å². The van der Waals surface area contributed by atoms with E-state index in [1.165, 1.54) is 6.20 Å². The molecule has 2 aromatic carbocycles. The molecule has 1 aliphatic heterocycles. The smallest absolute Gasteiger partial charge is 0.210 e. The fourth-order valence-electron chi connectivity index (χ4n) is 3.96. The van der Waals surface area contributed by atoms with E-state index in [1.54, 1.807) is 12.1 Å². The van der Waals surface area contributed by atoms with Crippen molar-refractivity contribution in [3.63, 3.8) is 0 Å².